The van der Waals surface area contributed by atoms with Gasteiger partial charge in [0.1, 0.15) is 11.6 Å². The van der Waals surface area contributed by atoms with E-state index in [0.717, 1.165) is 24.4 Å². The second-order valence-electron chi connectivity index (χ2n) is 5.02. The number of ether oxygens (including phenoxy) is 1. The van der Waals surface area contributed by atoms with Gasteiger partial charge in [0, 0.05) is 25.0 Å². The SMILES string of the molecule is CC1OCCC1n1c(CCCl)nc2cc(F)c(Br)cc21. The molecule has 2 aromatic rings. The first kappa shape index (κ1) is 14.3. The molecule has 2 unspecified atom stereocenters. The van der Waals surface area contributed by atoms with E-state index < -0.39 is 0 Å². The lowest BCUT2D eigenvalue weighted by Crippen LogP contribution is -2.19. The van der Waals surface area contributed by atoms with Gasteiger partial charge in [-0.1, -0.05) is 0 Å². The van der Waals surface area contributed by atoms with Crippen molar-refractivity contribution in [3.05, 3.63) is 28.2 Å². The van der Waals surface area contributed by atoms with Crippen LogP contribution in [0.2, 0.25) is 0 Å². The number of imidazole rings is 1. The predicted octanol–water partition coefficient (Wildman–Crippen LogP) is 4.07. The lowest BCUT2D eigenvalue weighted by atomic mass is 10.1. The molecule has 6 heteroatoms. The van der Waals surface area contributed by atoms with Gasteiger partial charge in [-0.2, -0.15) is 0 Å². The van der Waals surface area contributed by atoms with Gasteiger partial charge in [-0.25, -0.2) is 9.37 Å². The topological polar surface area (TPSA) is 27.1 Å². The van der Waals surface area contributed by atoms with Crippen LogP contribution in [-0.2, 0) is 11.2 Å². The van der Waals surface area contributed by atoms with E-state index in [-0.39, 0.29) is 18.0 Å². The number of nitrogens with zero attached hydrogens (tertiary/aromatic N) is 2. The largest absolute Gasteiger partial charge is 0.376 e. The second kappa shape index (κ2) is 5.62. The molecule has 3 rings (SSSR count). The molecular formula is C14H15BrClFN2O. The molecule has 0 bridgehead atoms. The van der Waals surface area contributed by atoms with Crippen LogP contribution in [0, 0.1) is 5.82 Å². The fourth-order valence-corrected chi connectivity index (χ4v) is 3.33. The van der Waals surface area contributed by atoms with Gasteiger partial charge in [-0.3, -0.25) is 0 Å². The monoisotopic (exact) mass is 360 g/mol. The van der Waals surface area contributed by atoms with E-state index >= 15 is 0 Å². The van der Waals surface area contributed by atoms with Crippen LogP contribution in [-0.4, -0.2) is 28.1 Å². The molecule has 1 fully saturated rings. The van der Waals surface area contributed by atoms with Gasteiger partial charge in [-0.15, -0.1) is 11.6 Å². The molecule has 2 atom stereocenters. The van der Waals surface area contributed by atoms with E-state index in [9.17, 15) is 4.39 Å². The molecule has 1 aromatic carbocycles. The second-order valence-corrected chi connectivity index (χ2v) is 6.26. The Hall–Kier alpha value is -0.650. The summed E-state index contributed by atoms with van der Waals surface area (Å²) in [6.45, 7) is 2.81. The molecule has 0 radical (unpaired) electrons. The number of rotatable bonds is 3. The maximum absolute atomic E-state index is 13.7. The number of hydrogen-bond acceptors (Lipinski definition) is 2. The van der Waals surface area contributed by atoms with Crippen molar-refractivity contribution in [1.82, 2.24) is 9.55 Å². The Kier molecular flexibility index (Phi) is 4.02. The van der Waals surface area contributed by atoms with Crippen molar-refractivity contribution in [3.8, 4) is 0 Å². The summed E-state index contributed by atoms with van der Waals surface area (Å²) >= 11 is 9.12. The third-order valence-electron chi connectivity index (χ3n) is 3.79. The van der Waals surface area contributed by atoms with Crippen LogP contribution < -0.4 is 0 Å². The number of halogens is 3. The molecule has 1 aliphatic heterocycles. The summed E-state index contributed by atoms with van der Waals surface area (Å²) in [6, 6.07) is 3.49. The van der Waals surface area contributed by atoms with Crippen LogP contribution >= 0.6 is 27.5 Å². The average molecular weight is 362 g/mol. The minimum Gasteiger partial charge on any atom is -0.376 e. The van der Waals surface area contributed by atoms with Gasteiger partial charge in [0.15, 0.2) is 0 Å². The van der Waals surface area contributed by atoms with Crippen molar-refractivity contribution in [2.24, 2.45) is 0 Å². The molecule has 0 spiro atoms. The Morgan fingerprint density at radius 1 is 1.55 bits per heavy atom. The quantitative estimate of drug-likeness (QED) is 0.771. The van der Waals surface area contributed by atoms with Gasteiger partial charge in [-0.05, 0) is 35.3 Å². The van der Waals surface area contributed by atoms with E-state index in [2.05, 4.69) is 32.4 Å². The van der Waals surface area contributed by atoms with E-state index in [1.807, 2.05) is 0 Å². The van der Waals surface area contributed by atoms with Crippen molar-refractivity contribution in [1.29, 1.82) is 0 Å². The average Bonchev–Trinajstić information content (AvgIpc) is 2.94. The summed E-state index contributed by atoms with van der Waals surface area (Å²) in [5, 5.41) is 0. The minimum absolute atomic E-state index is 0.130. The molecule has 2 heterocycles. The molecule has 3 nitrogen and oxygen atoms in total. The highest BCUT2D eigenvalue weighted by atomic mass is 79.9. The Balaban J connectivity index is 2.20. The first-order chi connectivity index (χ1) is 9.61. The van der Waals surface area contributed by atoms with Crippen molar-refractivity contribution in [3.63, 3.8) is 0 Å². The van der Waals surface area contributed by atoms with E-state index in [4.69, 9.17) is 16.3 Å². The molecular weight excluding hydrogens is 347 g/mol. The van der Waals surface area contributed by atoms with Gasteiger partial charge in [0.05, 0.1) is 27.7 Å². The van der Waals surface area contributed by atoms with Crippen molar-refractivity contribution in [2.45, 2.75) is 31.9 Å². The number of fused-ring (bicyclic) bond motifs is 1. The predicted molar refractivity (Wildman–Crippen MR) is 80.9 cm³/mol. The number of aryl methyl sites for hydroxylation is 1. The molecule has 108 valence electrons. The molecule has 0 saturated carbocycles. The Morgan fingerprint density at radius 3 is 3.00 bits per heavy atom. The molecule has 1 saturated heterocycles. The normalized spacial score (nSPS) is 22.8. The molecule has 0 N–H and O–H groups in total. The van der Waals surface area contributed by atoms with E-state index in [1.165, 1.54) is 6.07 Å². The first-order valence-corrected chi connectivity index (χ1v) is 7.98. The Bertz CT molecular complexity index is 646. The number of hydrogen-bond donors (Lipinski definition) is 0. The first-order valence-electron chi connectivity index (χ1n) is 6.65. The van der Waals surface area contributed by atoms with Gasteiger partial charge >= 0.3 is 0 Å². The highest BCUT2D eigenvalue weighted by Gasteiger charge is 2.29. The summed E-state index contributed by atoms with van der Waals surface area (Å²) in [5.41, 5.74) is 1.60. The standard InChI is InChI=1S/C14H15BrClFN2O/c1-8-12(3-5-20-8)19-13-6-9(15)10(17)7-11(13)18-14(19)2-4-16/h6-8,12H,2-5H2,1H3. The third-order valence-corrected chi connectivity index (χ3v) is 4.59. The van der Waals surface area contributed by atoms with Crippen LogP contribution in [0.5, 0.6) is 0 Å². The summed E-state index contributed by atoms with van der Waals surface area (Å²) in [5.74, 6) is 1.10. The summed E-state index contributed by atoms with van der Waals surface area (Å²) < 4.78 is 22.0. The van der Waals surface area contributed by atoms with Crippen molar-refractivity contribution < 1.29 is 9.13 Å². The van der Waals surface area contributed by atoms with Crippen LogP contribution in [0.15, 0.2) is 16.6 Å². The van der Waals surface area contributed by atoms with Crippen LogP contribution in [0.1, 0.15) is 25.2 Å². The molecule has 0 aliphatic carbocycles. The fraction of sp³-hybridized carbons (Fsp3) is 0.500. The minimum atomic E-state index is -0.296. The zero-order valence-electron chi connectivity index (χ0n) is 11.1. The third kappa shape index (κ3) is 2.36. The molecule has 20 heavy (non-hydrogen) atoms. The Morgan fingerprint density at radius 2 is 2.35 bits per heavy atom. The number of aromatic nitrogens is 2. The van der Waals surface area contributed by atoms with Gasteiger partial charge in [0.25, 0.3) is 0 Å². The number of alkyl halides is 1. The maximum atomic E-state index is 13.7. The summed E-state index contributed by atoms with van der Waals surface area (Å²) in [6.07, 6.45) is 1.74. The zero-order valence-corrected chi connectivity index (χ0v) is 13.4. The van der Waals surface area contributed by atoms with Crippen LogP contribution in [0.25, 0.3) is 11.0 Å². The highest BCUT2D eigenvalue weighted by Crippen LogP contribution is 2.33. The summed E-state index contributed by atoms with van der Waals surface area (Å²) in [7, 11) is 0. The highest BCUT2D eigenvalue weighted by molar-refractivity contribution is 9.10. The van der Waals surface area contributed by atoms with Crippen molar-refractivity contribution >= 4 is 38.6 Å². The zero-order chi connectivity index (χ0) is 14.3. The molecule has 1 aromatic heterocycles. The van der Waals surface area contributed by atoms with Crippen molar-refractivity contribution in [2.75, 3.05) is 12.5 Å². The number of benzene rings is 1. The Labute approximate surface area is 130 Å². The fourth-order valence-electron chi connectivity index (χ4n) is 2.83. The maximum Gasteiger partial charge on any atom is 0.139 e. The van der Waals surface area contributed by atoms with E-state index in [0.29, 0.717) is 22.3 Å². The lowest BCUT2D eigenvalue weighted by Gasteiger charge is -2.19. The van der Waals surface area contributed by atoms with Crippen LogP contribution in [0.4, 0.5) is 4.39 Å². The summed E-state index contributed by atoms with van der Waals surface area (Å²) in [4.78, 5) is 4.55. The van der Waals surface area contributed by atoms with Crippen LogP contribution in [0.3, 0.4) is 0 Å². The van der Waals surface area contributed by atoms with E-state index in [1.54, 1.807) is 6.07 Å². The lowest BCUT2D eigenvalue weighted by molar-refractivity contribution is 0.108. The molecule has 0 amide bonds. The van der Waals surface area contributed by atoms with Gasteiger partial charge in [0.2, 0.25) is 0 Å². The smallest absolute Gasteiger partial charge is 0.139 e. The molecule has 1 aliphatic rings. The van der Waals surface area contributed by atoms with Gasteiger partial charge < -0.3 is 9.30 Å².